The van der Waals surface area contributed by atoms with E-state index in [1.54, 1.807) is 88.7 Å². The Labute approximate surface area is 572 Å². The van der Waals surface area contributed by atoms with Gasteiger partial charge < -0.3 is 80.0 Å². The molecule has 2 aliphatic heterocycles. The average Bonchev–Trinajstić information content (AvgIpc) is 1.81. The second kappa shape index (κ2) is 41.8. The number of carboxylic acids is 1. The van der Waals surface area contributed by atoms with Gasteiger partial charge in [0.15, 0.2) is 0 Å². The number of hydrogen-bond acceptors (Lipinski definition) is 18. The third-order valence-electron chi connectivity index (χ3n) is 18.0. The Morgan fingerprint density at radius 2 is 1.25 bits per heavy atom. The number of likely N-dealkylation sites (N-methyl/N-ethyl adjacent to an activating group) is 2. The number of nitrogens with one attached hydrogen (secondary N) is 4. The summed E-state index contributed by atoms with van der Waals surface area (Å²) in [7, 11) is 6.10. The summed E-state index contributed by atoms with van der Waals surface area (Å²) in [5, 5.41) is 21.0. The largest absolute Gasteiger partial charge is 0.481 e. The molecule has 27 nitrogen and oxygen atoms in total. The molecule has 2 heterocycles. The predicted octanol–water partition coefficient (Wildman–Crippen LogP) is 4.62. The maximum absolute atomic E-state index is 14.8. The van der Waals surface area contributed by atoms with Gasteiger partial charge in [0.25, 0.3) is 0 Å². The van der Waals surface area contributed by atoms with E-state index in [-0.39, 0.29) is 75.9 Å². The summed E-state index contributed by atoms with van der Waals surface area (Å²) < 4.78 is 40.2. The molecule has 7 N–H and O–H groups in total. The fraction of sp³-hybridized carbons (Fsp3) is 0.686. The quantitative estimate of drug-likeness (QED) is 0.0390. The van der Waals surface area contributed by atoms with Gasteiger partial charge in [-0.05, 0) is 67.4 Å². The first-order valence-electron chi connectivity index (χ1n) is 34.1. The van der Waals surface area contributed by atoms with Gasteiger partial charge in [0.05, 0.1) is 88.7 Å². The molecular formula is C70H111N9O18. The molecule has 0 aromatic heterocycles. The highest BCUT2D eigenvalue weighted by Crippen LogP contribution is 2.31. The molecule has 0 aliphatic carbocycles. The van der Waals surface area contributed by atoms with Crippen molar-refractivity contribution >= 4 is 59.4 Å². The Bertz CT molecular complexity index is 2820. The van der Waals surface area contributed by atoms with Crippen molar-refractivity contribution in [3.63, 3.8) is 0 Å². The molecule has 2 fully saturated rings. The number of benzene rings is 2. The monoisotopic (exact) mass is 1370 g/mol. The molecule has 2 aromatic rings. The lowest BCUT2D eigenvalue weighted by Crippen LogP contribution is -2.60. The molecular weight excluding hydrogens is 1250 g/mol. The SMILES string of the molecule is CC[C@H](C)[C@@H]([C@@H](CC(=O)N1CCC[C@H]1[C@H](OC)[C@@H](C)C(=O)N[C@H](C)[C@@H](OC(=O)[C@@H](NC(=O)[C@@H]1CCCN1C(=O)[C@H](CC(=O)O)NC(=O)CCOCCOCCOCCN)C(C)C)c1ccccc1)OC)N(C)C(=O)[C@@H](NC(=O)[C@H](C(C)C)N(C)C(=O)OCc1ccccc1)C(C)C. The van der Waals surface area contributed by atoms with Gasteiger partial charge in [0.2, 0.25) is 41.4 Å². The van der Waals surface area contributed by atoms with E-state index in [4.69, 9.17) is 38.9 Å². The minimum atomic E-state index is -1.50. The maximum Gasteiger partial charge on any atom is 0.410 e. The average molecular weight is 1370 g/mol. The van der Waals surface area contributed by atoms with Crippen molar-refractivity contribution in [3.8, 4) is 0 Å². The standard InChI is InChI=1S/C70H111N9O18/c1-15-46(8)61(76(11)68(88)58(43(2)3)74-66(86)60(45(6)7)77(12)70(90)96-42-49-24-18-16-19-25-49)54(91-13)41-56(81)78-32-22-28-52(78)62(92-14)47(9)64(84)72-48(10)63(50-26-20-17-21-27-50)97-69(89)59(44(4)5)75-65(85)53-29-23-33-79(53)67(87)51(40-57(82)83)73-55(80)30-34-93-36-38-95-39-37-94-35-31-71/h16-21,24-27,43-48,51-54,58-63H,15,22-23,28-42,71H2,1-14H3,(H,72,84)(H,73,80)(H,74,86)(H,75,85)(H,82,83)/t46-,47+,48+,51-,52-,53-,54+,58-,59-,60-,61-,62+,63+/m0/s1. The van der Waals surface area contributed by atoms with Gasteiger partial charge in [0, 0.05) is 54.4 Å². The minimum absolute atomic E-state index is 0.0125. The number of aliphatic carboxylic acids is 1. The van der Waals surface area contributed by atoms with Crippen LogP contribution in [0.5, 0.6) is 0 Å². The summed E-state index contributed by atoms with van der Waals surface area (Å²) in [5.74, 6) is -8.29. The third kappa shape index (κ3) is 24.9. The molecule has 544 valence electrons. The van der Waals surface area contributed by atoms with Gasteiger partial charge in [0.1, 0.15) is 42.9 Å². The molecule has 0 unspecified atom stereocenters. The summed E-state index contributed by atoms with van der Waals surface area (Å²) >= 11 is 0. The van der Waals surface area contributed by atoms with Crippen molar-refractivity contribution in [2.45, 2.75) is 194 Å². The first kappa shape index (κ1) is 82.1. The summed E-state index contributed by atoms with van der Waals surface area (Å²) in [6.45, 7) is 20.4. The molecule has 0 radical (unpaired) electrons. The number of amides is 8. The van der Waals surface area contributed by atoms with Gasteiger partial charge in [-0.2, -0.15) is 0 Å². The van der Waals surface area contributed by atoms with Crippen LogP contribution in [0.2, 0.25) is 0 Å². The van der Waals surface area contributed by atoms with Crippen LogP contribution in [0.25, 0.3) is 0 Å². The lowest BCUT2D eigenvalue weighted by molar-refractivity contribution is -0.157. The Morgan fingerprint density at radius 1 is 0.660 bits per heavy atom. The van der Waals surface area contributed by atoms with E-state index in [9.17, 15) is 53.1 Å². The Balaban J connectivity index is 1.44. The highest BCUT2D eigenvalue weighted by molar-refractivity contribution is 5.96. The summed E-state index contributed by atoms with van der Waals surface area (Å²) in [6.07, 6.45) is -2.17. The van der Waals surface area contributed by atoms with Crippen molar-refractivity contribution in [1.29, 1.82) is 0 Å². The van der Waals surface area contributed by atoms with Crippen molar-refractivity contribution in [1.82, 2.24) is 40.9 Å². The van der Waals surface area contributed by atoms with Crippen molar-refractivity contribution in [2.75, 3.05) is 87.6 Å². The fourth-order valence-corrected chi connectivity index (χ4v) is 12.6. The van der Waals surface area contributed by atoms with Crippen LogP contribution >= 0.6 is 0 Å². The molecule has 0 bridgehead atoms. The number of nitrogens with two attached hydrogens (primary N) is 1. The number of rotatable bonds is 42. The number of carbonyl (C=O) groups excluding carboxylic acids is 9. The maximum atomic E-state index is 14.8. The lowest BCUT2D eigenvalue weighted by Gasteiger charge is -2.41. The van der Waals surface area contributed by atoms with E-state index in [0.717, 1.165) is 5.56 Å². The molecule has 0 saturated carbocycles. The molecule has 97 heavy (non-hydrogen) atoms. The van der Waals surface area contributed by atoms with E-state index < -0.39 is 138 Å². The molecule has 8 amide bonds. The van der Waals surface area contributed by atoms with Crippen LogP contribution in [0.3, 0.4) is 0 Å². The molecule has 4 rings (SSSR count). The van der Waals surface area contributed by atoms with Crippen molar-refractivity contribution in [2.24, 2.45) is 35.3 Å². The number of likely N-dealkylation sites (tertiary alicyclic amines) is 2. The molecule has 2 aliphatic rings. The number of nitrogens with zero attached hydrogens (tertiary/aromatic N) is 4. The lowest BCUT2D eigenvalue weighted by atomic mass is 9.89. The van der Waals surface area contributed by atoms with Gasteiger partial charge >= 0.3 is 18.0 Å². The van der Waals surface area contributed by atoms with Crippen LogP contribution in [-0.2, 0) is 82.9 Å². The topological polar surface area (TPSA) is 343 Å². The van der Waals surface area contributed by atoms with E-state index in [0.29, 0.717) is 64.2 Å². The van der Waals surface area contributed by atoms with Crippen molar-refractivity contribution < 1.29 is 86.2 Å². The normalized spacial score (nSPS) is 18.1. The van der Waals surface area contributed by atoms with Gasteiger partial charge in [-0.1, -0.05) is 129 Å². The van der Waals surface area contributed by atoms with Crippen LogP contribution in [0.4, 0.5) is 4.79 Å². The summed E-state index contributed by atoms with van der Waals surface area (Å²) in [4.78, 5) is 145. The van der Waals surface area contributed by atoms with E-state index >= 15 is 0 Å². The number of carboxylic acid groups (broad SMARTS) is 1. The van der Waals surface area contributed by atoms with Crippen LogP contribution in [0.1, 0.15) is 138 Å². The van der Waals surface area contributed by atoms with Crippen LogP contribution < -0.4 is 27.0 Å². The second-order valence-electron chi connectivity index (χ2n) is 26.2. The zero-order chi connectivity index (χ0) is 72.1. The third-order valence-corrected chi connectivity index (χ3v) is 18.0. The number of esters is 1. The van der Waals surface area contributed by atoms with Crippen LogP contribution in [0, 0.1) is 29.6 Å². The van der Waals surface area contributed by atoms with Gasteiger partial charge in [-0.25, -0.2) is 9.59 Å². The zero-order valence-electron chi connectivity index (χ0n) is 59.5. The Kier molecular flexibility index (Phi) is 35.4. The van der Waals surface area contributed by atoms with Crippen LogP contribution in [0.15, 0.2) is 60.7 Å². The minimum Gasteiger partial charge on any atom is -0.481 e. The van der Waals surface area contributed by atoms with Gasteiger partial charge in [-0.3, -0.25) is 43.3 Å². The van der Waals surface area contributed by atoms with Crippen molar-refractivity contribution in [3.05, 3.63) is 71.8 Å². The summed E-state index contributed by atoms with van der Waals surface area (Å²) in [5.41, 5.74) is 6.71. The first-order valence-corrected chi connectivity index (χ1v) is 34.1. The van der Waals surface area contributed by atoms with Crippen LogP contribution in [-0.4, -0.2) is 232 Å². The van der Waals surface area contributed by atoms with E-state index in [1.165, 1.54) is 31.1 Å². The molecule has 13 atom stereocenters. The highest BCUT2D eigenvalue weighted by Gasteiger charge is 2.45. The fourth-order valence-electron chi connectivity index (χ4n) is 12.6. The Hall–Kier alpha value is -7.30. The first-order chi connectivity index (χ1) is 46.1. The molecule has 2 aromatic carbocycles. The highest BCUT2D eigenvalue weighted by atomic mass is 16.6. The predicted molar refractivity (Wildman–Crippen MR) is 361 cm³/mol. The molecule has 0 spiro atoms. The molecule has 2 saturated heterocycles. The second-order valence-corrected chi connectivity index (χ2v) is 26.2. The van der Waals surface area contributed by atoms with E-state index in [2.05, 4.69) is 21.3 Å². The van der Waals surface area contributed by atoms with Gasteiger partial charge in [-0.15, -0.1) is 0 Å². The number of methoxy groups -OCH3 is 2. The number of hydrogen-bond donors (Lipinski definition) is 6. The molecule has 27 heteroatoms. The smallest absolute Gasteiger partial charge is 0.410 e. The number of ether oxygens (including phenoxy) is 7. The number of carbonyl (C=O) groups is 10. The summed E-state index contributed by atoms with van der Waals surface area (Å²) in [6, 6.07) is 9.99. The zero-order valence-corrected chi connectivity index (χ0v) is 59.5. The Morgan fingerprint density at radius 3 is 1.81 bits per heavy atom. The van der Waals surface area contributed by atoms with E-state index in [1.807, 2.05) is 58.0 Å².